The van der Waals surface area contributed by atoms with Crippen LogP contribution in [0.2, 0.25) is 0 Å². The highest BCUT2D eigenvalue weighted by atomic mass is 14.7. The maximum atomic E-state index is 8.88. The number of nitriles is 1. The standard InChI is InChI=1S/C15H15N3/c1-10(2)13-4-3-5-14(15(13)17)11-6-7-18-12(8-11)9-16/h3-8,10H,17H2,1-2H3. The van der Waals surface area contributed by atoms with Gasteiger partial charge in [-0.2, -0.15) is 5.26 Å². The normalized spacial score (nSPS) is 10.3. The summed E-state index contributed by atoms with van der Waals surface area (Å²) in [4.78, 5) is 3.97. The van der Waals surface area contributed by atoms with Crippen LogP contribution in [0.4, 0.5) is 5.69 Å². The Kier molecular flexibility index (Phi) is 3.29. The molecule has 0 bridgehead atoms. The Morgan fingerprint density at radius 1 is 1.28 bits per heavy atom. The first-order valence-electron chi connectivity index (χ1n) is 5.88. The number of aromatic nitrogens is 1. The fraction of sp³-hybridized carbons (Fsp3) is 0.200. The fourth-order valence-electron chi connectivity index (χ4n) is 2.00. The topological polar surface area (TPSA) is 62.7 Å². The molecule has 0 aliphatic heterocycles. The quantitative estimate of drug-likeness (QED) is 0.815. The zero-order valence-corrected chi connectivity index (χ0v) is 10.5. The molecule has 0 spiro atoms. The Balaban J connectivity index is 2.58. The minimum Gasteiger partial charge on any atom is -0.398 e. The third-order valence-electron chi connectivity index (χ3n) is 2.95. The zero-order chi connectivity index (χ0) is 13.1. The van der Waals surface area contributed by atoms with Crippen LogP contribution in [0.15, 0.2) is 36.5 Å². The first kappa shape index (κ1) is 12.1. The van der Waals surface area contributed by atoms with Gasteiger partial charge in [-0.3, -0.25) is 0 Å². The van der Waals surface area contributed by atoms with E-state index >= 15 is 0 Å². The van der Waals surface area contributed by atoms with Crippen LogP contribution in [0.25, 0.3) is 11.1 Å². The predicted octanol–water partition coefficient (Wildman–Crippen LogP) is 3.33. The molecule has 0 amide bonds. The summed E-state index contributed by atoms with van der Waals surface area (Å²) in [5.41, 5.74) is 10.4. The number of para-hydroxylation sites is 1. The molecular formula is C15H15N3. The summed E-state index contributed by atoms with van der Waals surface area (Å²) in [6.07, 6.45) is 1.63. The van der Waals surface area contributed by atoms with Gasteiger partial charge in [-0.15, -0.1) is 0 Å². The zero-order valence-electron chi connectivity index (χ0n) is 10.5. The SMILES string of the molecule is CC(C)c1cccc(-c2ccnc(C#N)c2)c1N. The first-order chi connectivity index (χ1) is 8.63. The monoisotopic (exact) mass is 237 g/mol. The van der Waals surface area contributed by atoms with Crippen LogP contribution < -0.4 is 5.73 Å². The molecule has 1 heterocycles. The lowest BCUT2D eigenvalue weighted by molar-refractivity contribution is 0.870. The van der Waals surface area contributed by atoms with Crippen LogP contribution in [0.1, 0.15) is 31.0 Å². The van der Waals surface area contributed by atoms with Gasteiger partial charge >= 0.3 is 0 Å². The predicted molar refractivity (Wildman–Crippen MR) is 72.9 cm³/mol. The van der Waals surface area contributed by atoms with Crippen LogP contribution in [-0.2, 0) is 0 Å². The number of nitrogen functional groups attached to an aromatic ring is 1. The fourth-order valence-corrected chi connectivity index (χ4v) is 2.00. The smallest absolute Gasteiger partial charge is 0.141 e. The summed E-state index contributed by atoms with van der Waals surface area (Å²) in [5, 5.41) is 8.88. The number of benzene rings is 1. The molecule has 2 rings (SSSR count). The van der Waals surface area contributed by atoms with Gasteiger partial charge in [0.2, 0.25) is 0 Å². The van der Waals surface area contributed by atoms with Crippen molar-refractivity contribution in [1.29, 1.82) is 5.26 Å². The van der Waals surface area contributed by atoms with E-state index in [1.807, 2.05) is 30.3 Å². The Morgan fingerprint density at radius 2 is 2.06 bits per heavy atom. The van der Waals surface area contributed by atoms with Crippen molar-refractivity contribution in [3.05, 3.63) is 47.8 Å². The first-order valence-corrected chi connectivity index (χ1v) is 5.88. The lowest BCUT2D eigenvalue weighted by atomic mass is 9.95. The summed E-state index contributed by atoms with van der Waals surface area (Å²) in [7, 11) is 0. The van der Waals surface area contributed by atoms with Crippen LogP contribution >= 0.6 is 0 Å². The van der Waals surface area contributed by atoms with Crippen molar-refractivity contribution in [3.8, 4) is 17.2 Å². The van der Waals surface area contributed by atoms with E-state index in [2.05, 4.69) is 18.8 Å². The molecule has 3 heteroatoms. The van der Waals surface area contributed by atoms with E-state index in [1.54, 1.807) is 12.3 Å². The van der Waals surface area contributed by atoms with Gasteiger partial charge in [0.05, 0.1) is 0 Å². The maximum Gasteiger partial charge on any atom is 0.141 e. The summed E-state index contributed by atoms with van der Waals surface area (Å²) in [6, 6.07) is 11.7. The Morgan fingerprint density at radius 3 is 2.72 bits per heavy atom. The van der Waals surface area contributed by atoms with E-state index in [9.17, 15) is 0 Å². The molecule has 0 unspecified atom stereocenters. The molecule has 0 saturated carbocycles. The number of rotatable bonds is 2. The number of pyridine rings is 1. The van der Waals surface area contributed by atoms with Gasteiger partial charge in [0.25, 0.3) is 0 Å². The highest BCUT2D eigenvalue weighted by molar-refractivity contribution is 5.79. The van der Waals surface area contributed by atoms with Crippen molar-refractivity contribution in [2.75, 3.05) is 5.73 Å². The second kappa shape index (κ2) is 4.89. The van der Waals surface area contributed by atoms with E-state index in [1.165, 1.54) is 0 Å². The minimum absolute atomic E-state index is 0.377. The second-order valence-electron chi connectivity index (χ2n) is 4.50. The molecular weight excluding hydrogens is 222 g/mol. The van der Waals surface area contributed by atoms with Crippen LogP contribution in [-0.4, -0.2) is 4.98 Å². The van der Waals surface area contributed by atoms with E-state index in [0.717, 1.165) is 22.4 Å². The highest BCUT2D eigenvalue weighted by Crippen LogP contribution is 2.32. The van der Waals surface area contributed by atoms with Gasteiger partial charge in [-0.25, -0.2) is 4.98 Å². The van der Waals surface area contributed by atoms with Gasteiger partial charge in [-0.1, -0.05) is 32.0 Å². The average Bonchev–Trinajstić information content (AvgIpc) is 2.38. The van der Waals surface area contributed by atoms with Crippen LogP contribution in [0, 0.1) is 11.3 Å². The Hall–Kier alpha value is -2.34. The number of hydrogen-bond donors (Lipinski definition) is 1. The van der Waals surface area contributed by atoms with E-state index in [0.29, 0.717) is 11.6 Å². The van der Waals surface area contributed by atoms with E-state index in [-0.39, 0.29) is 0 Å². The molecule has 2 N–H and O–H groups in total. The molecule has 0 aliphatic rings. The lowest BCUT2D eigenvalue weighted by Crippen LogP contribution is -1.99. The molecule has 0 aliphatic carbocycles. The summed E-state index contributed by atoms with van der Waals surface area (Å²) in [5.74, 6) is 0.377. The van der Waals surface area contributed by atoms with Gasteiger partial charge in [0, 0.05) is 17.4 Å². The van der Waals surface area contributed by atoms with Gasteiger partial charge < -0.3 is 5.73 Å². The summed E-state index contributed by atoms with van der Waals surface area (Å²) < 4.78 is 0. The molecule has 0 fully saturated rings. The van der Waals surface area contributed by atoms with Crippen molar-refractivity contribution in [3.63, 3.8) is 0 Å². The van der Waals surface area contributed by atoms with E-state index < -0.39 is 0 Å². The molecule has 2 aromatic rings. The van der Waals surface area contributed by atoms with Gasteiger partial charge in [0.1, 0.15) is 11.8 Å². The molecule has 0 radical (unpaired) electrons. The van der Waals surface area contributed by atoms with Crippen molar-refractivity contribution in [2.24, 2.45) is 0 Å². The van der Waals surface area contributed by atoms with Gasteiger partial charge in [-0.05, 0) is 29.2 Å². The van der Waals surface area contributed by atoms with Crippen molar-refractivity contribution < 1.29 is 0 Å². The molecule has 1 aromatic carbocycles. The van der Waals surface area contributed by atoms with Gasteiger partial charge in [0.15, 0.2) is 0 Å². The minimum atomic E-state index is 0.377. The number of anilines is 1. The third kappa shape index (κ3) is 2.18. The van der Waals surface area contributed by atoms with Crippen molar-refractivity contribution in [2.45, 2.75) is 19.8 Å². The molecule has 1 aromatic heterocycles. The number of nitrogens with two attached hydrogens (primary N) is 1. The lowest BCUT2D eigenvalue weighted by Gasteiger charge is -2.13. The van der Waals surface area contributed by atoms with Crippen LogP contribution in [0.3, 0.4) is 0 Å². The summed E-state index contributed by atoms with van der Waals surface area (Å²) >= 11 is 0. The Labute approximate surface area is 107 Å². The van der Waals surface area contributed by atoms with Crippen LogP contribution in [0.5, 0.6) is 0 Å². The molecule has 18 heavy (non-hydrogen) atoms. The highest BCUT2D eigenvalue weighted by Gasteiger charge is 2.10. The largest absolute Gasteiger partial charge is 0.398 e. The van der Waals surface area contributed by atoms with E-state index in [4.69, 9.17) is 11.0 Å². The molecule has 3 nitrogen and oxygen atoms in total. The molecule has 90 valence electrons. The number of hydrogen-bond acceptors (Lipinski definition) is 3. The van der Waals surface area contributed by atoms with Crippen molar-refractivity contribution in [1.82, 2.24) is 4.98 Å². The maximum absolute atomic E-state index is 8.88. The Bertz CT molecular complexity index is 609. The second-order valence-corrected chi connectivity index (χ2v) is 4.50. The molecule has 0 atom stereocenters. The average molecular weight is 237 g/mol. The third-order valence-corrected chi connectivity index (χ3v) is 2.95. The summed E-state index contributed by atoms with van der Waals surface area (Å²) in [6.45, 7) is 4.23. The molecule has 0 saturated heterocycles. The number of nitrogens with zero attached hydrogens (tertiary/aromatic N) is 2. The van der Waals surface area contributed by atoms with Crippen molar-refractivity contribution >= 4 is 5.69 Å².